The van der Waals surface area contributed by atoms with Gasteiger partial charge in [-0.05, 0) is 19.9 Å². The van der Waals surface area contributed by atoms with Crippen molar-refractivity contribution in [1.29, 1.82) is 0 Å². The molecule has 0 saturated carbocycles. The third kappa shape index (κ3) is 2.83. The van der Waals surface area contributed by atoms with Gasteiger partial charge < -0.3 is 5.73 Å². The van der Waals surface area contributed by atoms with E-state index in [1.165, 1.54) is 0 Å². The molecule has 1 heterocycles. The second kappa shape index (κ2) is 5.46. The quantitative estimate of drug-likeness (QED) is 0.852. The average molecular weight is 244 g/mol. The minimum absolute atomic E-state index is 0.0173. The molecule has 0 radical (unpaired) electrons. The molecule has 1 unspecified atom stereocenters. The van der Waals surface area contributed by atoms with E-state index in [9.17, 15) is 4.79 Å². The van der Waals surface area contributed by atoms with Gasteiger partial charge in [-0.3, -0.25) is 9.48 Å². The summed E-state index contributed by atoms with van der Waals surface area (Å²) >= 11 is 6.08. The Morgan fingerprint density at radius 3 is 2.69 bits per heavy atom. The lowest BCUT2D eigenvalue weighted by molar-refractivity contribution is -0.121. The second-order valence-corrected chi connectivity index (χ2v) is 4.47. The zero-order chi connectivity index (χ0) is 12.3. The fourth-order valence-electron chi connectivity index (χ4n) is 1.62. The highest BCUT2D eigenvalue weighted by molar-refractivity contribution is 6.32. The molecule has 1 rings (SSSR count). The molecule has 2 N–H and O–H groups in total. The molecule has 90 valence electrons. The van der Waals surface area contributed by atoms with Crippen LogP contribution < -0.4 is 5.73 Å². The highest BCUT2D eigenvalue weighted by Gasteiger charge is 2.18. The van der Waals surface area contributed by atoms with E-state index < -0.39 is 0 Å². The van der Waals surface area contributed by atoms with Crippen molar-refractivity contribution in [2.45, 2.75) is 26.7 Å². The molecule has 1 atom stereocenters. The number of hydrogen-bond acceptors (Lipinski definition) is 3. The van der Waals surface area contributed by atoms with E-state index in [1.807, 2.05) is 13.8 Å². The maximum Gasteiger partial charge on any atom is 0.141 e. The Morgan fingerprint density at radius 1 is 1.62 bits per heavy atom. The monoisotopic (exact) mass is 243 g/mol. The van der Waals surface area contributed by atoms with Crippen molar-refractivity contribution in [3.05, 3.63) is 16.4 Å². The van der Waals surface area contributed by atoms with E-state index in [-0.39, 0.29) is 11.7 Å². The van der Waals surface area contributed by atoms with Crippen LogP contribution in [0.4, 0.5) is 0 Å². The van der Waals surface area contributed by atoms with E-state index in [0.717, 1.165) is 11.4 Å². The predicted octanol–water partition coefficient (Wildman–Crippen LogP) is 1.48. The van der Waals surface area contributed by atoms with Crippen molar-refractivity contribution >= 4 is 17.4 Å². The maximum absolute atomic E-state index is 11.9. The predicted molar refractivity (Wildman–Crippen MR) is 64.5 cm³/mol. The third-order valence-electron chi connectivity index (χ3n) is 2.75. The number of Topliss-reactive ketones (excluding diaryl/α,β-unsaturated/α-hetero) is 1. The van der Waals surface area contributed by atoms with Gasteiger partial charge in [0.25, 0.3) is 0 Å². The molecule has 0 bridgehead atoms. The van der Waals surface area contributed by atoms with Gasteiger partial charge in [-0.15, -0.1) is 0 Å². The average Bonchev–Trinajstić information content (AvgIpc) is 2.45. The third-order valence-corrected chi connectivity index (χ3v) is 3.24. The van der Waals surface area contributed by atoms with Crippen LogP contribution >= 0.6 is 11.6 Å². The molecule has 0 aromatic carbocycles. The molecule has 0 aliphatic heterocycles. The number of nitrogens with zero attached hydrogens (tertiary/aromatic N) is 2. The summed E-state index contributed by atoms with van der Waals surface area (Å²) in [6.07, 6.45) is 1.05. The standard InChI is InChI=1S/C11H18ClN3O/c1-7(4-5-13)10(16)6-9-11(12)8(2)14-15(9)3/h7H,4-6,13H2,1-3H3. The fraction of sp³-hybridized carbons (Fsp3) is 0.636. The van der Waals surface area contributed by atoms with Crippen LogP contribution in [0.1, 0.15) is 24.7 Å². The van der Waals surface area contributed by atoms with Crippen LogP contribution in [0.2, 0.25) is 5.02 Å². The summed E-state index contributed by atoms with van der Waals surface area (Å²) in [5, 5.41) is 4.77. The molecular weight excluding hydrogens is 226 g/mol. The van der Waals surface area contributed by atoms with Gasteiger partial charge >= 0.3 is 0 Å². The number of aromatic nitrogens is 2. The first kappa shape index (κ1) is 13.2. The first-order valence-corrected chi connectivity index (χ1v) is 5.76. The molecule has 0 saturated heterocycles. The summed E-state index contributed by atoms with van der Waals surface area (Å²) in [4.78, 5) is 11.9. The lowest BCUT2D eigenvalue weighted by Gasteiger charge is -2.09. The minimum atomic E-state index is -0.0173. The molecule has 1 aromatic rings. The number of carbonyl (C=O) groups is 1. The zero-order valence-electron chi connectivity index (χ0n) is 9.96. The van der Waals surface area contributed by atoms with Gasteiger partial charge in [0.2, 0.25) is 0 Å². The van der Waals surface area contributed by atoms with Gasteiger partial charge in [0.1, 0.15) is 5.78 Å². The second-order valence-electron chi connectivity index (χ2n) is 4.09. The Kier molecular flexibility index (Phi) is 4.50. The number of aryl methyl sites for hydroxylation is 2. The number of rotatable bonds is 5. The molecule has 0 aliphatic rings. The number of nitrogens with two attached hydrogens (primary N) is 1. The summed E-state index contributed by atoms with van der Waals surface area (Å²) in [7, 11) is 1.80. The normalized spacial score (nSPS) is 12.8. The van der Waals surface area contributed by atoms with E-state index >= 15 is 0 Å². The van der Waals surface area contributed by atoms with Gasteiger partial charge in [-0.25, -0.2) is 0 Å². The van der Waals surface area contributed by atoms with Gasteiger partial charge in [0.15, 0.2) is 0 Å². The first-order valence-electron chi connectivity index (χ1n) is 5.38. The largest absolute Gasteiger partial charge is 0.330 e. The Bertz CT molecular complexity index is 387. The molecule has 0 fully saturated rings. The van der Waals surface area contributed by atoms with Crippen molar-refractivity contribution in [2.75, 3.05) is 6.54 Å². The first-order chi connectivity index (χ1) is 7.47. The molecule has 1 aromatic heterocycles. The van der Waals surface area contributed by atoms with E-state index in [2.05, 4.69) is 5.10 Å². The van der Waals surface area contributed by atoms with Crippen LogP contribution in [-0.2, 0) is 18.3 Å². The van der Waals surface area contributed by atoms with Crippen molar-refractivity contribution in [1.82, 2.24) is 9.78 Å². The number of ketones is 1. The van der Waals surface area contributed by atoms with Crippen molar-refractivity contribution < 1.29 is 4.79 Å². The van der Waals surface area contributed by atoms with Gasteiger partial charge in [0, 0.05) is 13.0 Å². The van der Waals surface area contributed by atoms with E-state index in [0.29, 0.717) is 24.4 Å². The molecule has 0 spiro atoms. The summed E-state index contributed by atoms with van der Waals surface area (Å²) in [5.41, 5.74) is 6.98. The zero-order valence-corrected chi connectivity index (χ0v) is 10.7. The van der Waals surface area contributed by atoms with Crippen LogP contribution in [0.25, 0.3) is 0 Å². The highest BCUT2D eigenvalue weighted by atomic mass is 35.5. The Balaban J connectivity index is 2.77. The molecule has 0 aliphatic carbocycles. The molecule has 5 heteroatoms. The number of carbonyl (C=O) groups excluding carboxylic acids is 1. The molecule has 16 heavy (non-hydrogen) atoms. The smallest absolute Gasteiger partial charge is 0.141 e. The Labute approximate surface area is 101 Å². The summed E-state index contributed by atoms with van der Waals surface area (Å²) in [6, 6.07) is 0. The Hall–Kier alpha value is -0.870. The highest BCUT2D eigenvalue weighted by Crippen LogP contribution is 2.21. The number of hydrogen-bond donors (Lipinski definition) is 1. The van der Waals surface area contributed by atoms with Crippen LogP contribution in [-0.4, -0.2) is 22.1 Å². The van der Waals surface area contributed by atoms with Crippen LogP contribution in [0, 0.1) is 12.8 Å². The van der Waals surface area contributed by atoms with Gasteiger partial charge in [0.05, 0.1) is 22.8 Å². The summed E-state index contributed by atoms with van der Waals surface area (Å²) in [5.74, 6) is 0.145. The van der Waals surface area contributed by atoms with E-state index in [1.54, 1.807) is 11.7 Å². The topological polar surface area (TPSA) is 60.9 Å². The van der Waals surface area contributed by atoms with E-state index in [4.69, 9.17) is 17.3 Å². The molecule has 4 nitrogen and oxygen atoms in total. The summed E-state index contributed by atoms with van der Waals surface area (Å²) < 4.78 is 1.67. The lowest BCUT2D eigenvalue weighted by atomic mass is 9.99. The fourth-order valence-corrected chi connectivity index (χ4v) is 1.85. The van der Waals surface area contributed by atoms with Gasteiger partial charge in [-0.2, -0.15) is 5.10 Å². The maximum atomic E-state index is 11.9. The van der Waals surface area contributed by atoms with Crippen molar-refractivity contribution in [3.8, 4) is 0 Å². The van der Waals surface area contributed by atoms with Crippen LogP contribution in [0.15, 0.2) is 0 Å². The summed E-state index contributed by atoms with van der Waals surface area (Å²) in [6.45, 7) is 4.26. The minimum Gasteiger partial charge on any atom is -0.330 e. The van der Waals surface area contributed by atoms with Crippen LogP contribution in [0.5, 0.6) is 0 Å². The molecular formula is C11H18ClN3O. The van der Waals surface area contributed by atoms with Crippen molar-refractivity contribution in [2.24, 2.45) is 18.7 Å². The van der Waals surface area contributed by atoms with Crippen LogP contribution in [0.3, 0.4) is 0 Å². The molecule has 0 amide bonds. The van der Waals surface area contributed by atoms with Crippen molar-refractivity contribution in [3.63, 3.8) is 0 Å². The van der Waals surface area contributed by atoms with Gasteiger partial charge in [-0.1, -0.05) is 18.5 Å². The SMILES string of the molecule is Cc1nn(C)c(CC(=O)C(C)CCN)c1Cl. The number of halogens is 1. The lowest BCUT2D eigenvalue weighted by Crippen LogP contribution is -2.18. The Morgan fingerprint density at radius 2 is 2.25 bits per heavy atom.